The number of aryl methyl sites for hydroxylation is 1. The molecule has 0 aliphatic carbocycles. The Bertz CT molecular complexity index is 865. The Morgan fingerprint density at radius 2 is 2.00 bits per heavy atom. The third-order valence-electron chi connectivity index (χ3n) is 4.96. The van der Waals surface area contributed by atoms with E-state index >= 15 is 0 Å². The molecule has 0 spiro atoms. The smallest absolute Gasteiger partial charge is 0.220 e. The van der Waals surface area contributed by atoms with Crippen LogP contribution in [0.1, 0.15) is 37.0 Å². The zero-order valence-corrected chi connectivity index (χ0v) is 17.5. The first-order valence-corrected chi connectivity index (χ1v) is 9.97. The topological polar surface area (TPSA) is 66.0 Å². The summed E-state index contributed by atoms with van der Waals surface area (Å²) in [6, 6.07) is 9.70. The van der Waals surface area contributed by atoms with Gasteiger partial charge in [-0.15, -0.1) is 0 Å². The highest BCUT2D eigenvalue weighted by atomic mass is 16.5. The fourth-order valence-corrected chi connectivity index (χ4v) is 3.59. The van der Waals surface area contributed by atoms with Gasteiger partial charge in [0.1, 0.15) is 17.6 Å². The van der Waals surface area contributed by atoms with Crippen LogP contribution in [-0.4, -0.2) is 32.8 Å². The molecule has 0 aromatic heterocycles. The molecule has 29 heavy (non-hydrogen) atoms. The molecule has 1 atom stereocenters. The second-order valence-electron chi connectivity index (χ2n) is 7.06. The zero-order valence-electron chi connectivity index (χ0n) is 17.5. The number of fused-ring (bicyclic) bond motifs is 1. The van der Waals surface area contributed by atoms with Gasteiger partial charge in [-0.3, -0.25) is 4.79 Å². The van der Waals surface area contributed by atoms with Gasteiger partial charge in [0.15, 0.2) is 11.5 Å². The van der Waals surface area contributed by atoms with Crippen LogP contribution in [0.25, 0.3) is 0 Å². The first-order chi connectivity index (χ1) is 14.0. The molecule has 2 aromatic carbocycles. The van der Waals surface area contributed by atoms with Crippen LogP contribution >= 0.6 is 0 Å². The van der Waals surface area contributed by atoms with Crippen molar-refractivity contribution in [2.75, 3.05) is 20.8 Å². The predicted octanol–water partition coefficient (Wildman–Crippen LogP) is 3.67. The number of amides is 1. The van der Waals surface area contributed by atoms with Crippen molar-refractivity contribution in [2.45, 2.75) is 45.8 Å². The largest absolute Gasteiger partial charge is 0.494 e. The maximum atomic E-state index is 12.4. The van der Waals surface area contributed by atoms with Crippen LogP contribution in [0.15, 0.2) is 30.3 Å². The Kier molecular flexibility index (Phi) is 6.86. The molecule has 0 bridgehead atoms. The number of para-hydroxylation sites is 1. The average molecular weight is 399 g/mol. The first kappa shape index (κ1) is 20.8. The van der Waals surface area contributed by atoms with Crippen molar-refractivity contribution < 1.29 is 23.7 Å². The summed E-state index contributed by atoms with van der Waals surface area (Å²) in [4.78, 5) is 12.4. The maximum Gasteiger partial charge on any atom is 0.220 e. The summed E-state index contributed by atoms with van der Waals surface area (Å²) in [5.41, 5.74) is 3.02. The highest BCUT2D eigenvalue weighted by Gasteiger charge is 2.22. The third-order valence-corrected chi connectivity index (χ3v) is 4.96. The van der Waals surface area contributed by atoms with Crippen molar-refractivity contribution in [1.82, 2.24) is 5.32 Å². The molecule has 0 unspecified atom stereocenters. The summed E-state index contributed by atoms with van der Waals surface area (Å²) in [6.07, 6.45) is 1.97. The van der Waals surface area contributed by atoms with Gasteiger partial charge >= 0.3 is 0 Å². The van der Waals surface area contributed by atoms with Crippen LogP contribution in [0, 0.1) is 0 Å². The minimum absolute atomic E-state index is 0.0351. The van der Waals surface area contributed by atoms with Crippen molar-refractivity contribution in [3.8, 4) is 23.0 Å². The normalized spacial score (nSPS) is 14.7. The van der Waals surface area contributed by atoms with E-state index in [9.17, 15) is 4.79 Å². The van der Waals surface area contributed by atoms with E-state index in [1.54, 1.807) is 14.2 Å². The first-order valence-electron chi connectivity index (χ1n) is 9.97. The summed E-state index contributed by atoms with van der Waals surface area (Å²) < 4.78 is 22.4. The second kappa shape index (κ2) is 9.54. The summed E-state index contributed by atoms with van der Waals surface area (Å²) in [6.45, 7) is 4.98. The van der Waals surface area contributed by atoms with Crippen LogP contribution in [0.2, 0.25) is 0 Å². The molecule has 1 aliphatic heterocycles. The van der Waals surface area contributed by atoms with Crippen molar-refractivity contribution in [3.05, 3.63) is 47.0 Å². The van der Waals surface area contributed by atoms with E-state index in [4.69, 9.17) is 18.9 Å². The molecule has 1 N–H and O–H groups in total. The van der Waals surface area contributed by atoms with Gasteiger partial charge in [-0.25, -0.2) is 0 Å². The number of carbonyl (C=O) groups excluding carboxylic acids is 1. The van der Waals surface area contributed by atoms with Crippen molar-refractivity contribution in [2.24, 2.45) is 0 Å². The van der Waals surface area contributed by atoms with Gasteiger partial charge in [-0.05, 0) is 44.0 Å². The lowest BCUT2D eigenvalue weighted by Gasteiger charge is -2.14. The van der Waals surface area contributed by atoms with E-state index in [1.807, 2.05) is 37.3 Å². The van der Waals surface area contributed by atoms with Gasteiger partial charge in [-0.1, -0.05) is 12.1 Å². The number of rotatable bonds is 9. The molecular formula is C23H29NO5. The number of ether oxygens (including phenoxy) is 4. The molecule has 6 heteroatoms. The molecule has 0 saturated heterocycles. The molecule has 2 aromatic rings. The van der Waals surface area contributed by atoms with Crippen LogP contribution in [-0.2, 0) is 24.2 Å². The lowest BCUT2D eigenvalue weighted by atomic mass is 10.1. The average Bonchev–Trinajstić information content (AvgIpc) is 3.08. The number of hydrogen-bond donors (Lipinski definition) is 1. The minimum Gasteiger partial charge on any atom is -0.494 e. The minimum atomic E-state index is -0.0351. The fourth-order valence-electron chi connectivity index (χ4n) is 3.59. The van der Waals surface area contributed by atoms with E-state index < -0.39 is 0 Å². The molecule has 156 valence electrons. The van der Waals surface area contributed by atoms with Crippen molar-refractivity contribution in [1.29, 1.82) is 0 Å². The quantitative estimate of drug-likeness (QED) is 0.697. The van der Waals surface area contributed by atoms with Crippen LogP contribution < -0.4 is 24.3 Å². The number of nitrogens with one attached hydrogen (secondary N) is 1. The van der Waals surface area contributed by atoms with Crippen LogP contribution in [0.3, 0.4) is 0 Å². The number of hydrogen-bond acceptors (Lipinski definition) is 5. The lowest BCUT2D eigenvalue weighted by Crippen LogP contribution is -2.23. The fraction of sp³-hybridized carbons (Fsp3) is 0.435. The standard InChI is InChI=1S/C23H29NO5/c1-5-28-20-12-17-11-15(2)29-21(17)13-18(20)14-24-22(25)10-9-16-7-6-8-19(26-3)23(16)27-4/h6-8,12-13,15H,5,9-11,14H2,1-4H3,(H,24,25)/t15-/m0/s1. The molecular weight excluding hydrogens is 370 g/mol. The van der Waals surface area contributed by atoms with Gasteiger partial charge < -0.3 is 24.3 Å². The Labute approximate surface area is 172 Å². The monoisotopic (exact) mass is 399 g/mol. The maximum absolute atomic E-state index is 12.4. The van der Waals surface area contributed by atoms with Gasteiger partial charge in [-0.2, -0.15) is 0 Å². The zero-order chi connectivity index (χ0) is 20.8. The lowest BCUT2D eigenvalue weighted by molar-refractivity contribution is -0.121. The summed E-state index contributed by atoms with van der Waals surface area (Å²) in [5, 5.41) is 2.99. The number of methoxy groups -OCH3 is 2. The van der Waals surface area contributed by atoms with Gasteiger partial charge in [0.2, 0.25) is 5.91 Å². The predicted molar refractivity (Wildman–Crippen MR) is 111 cm³/mol. The summed E-state index contributed by atoms with van der Waals surface area (Å²) in [7, 11) is 3.21. The van der Waals surface area contributed by atoms with Gasteiger partial charge in [0, 0.05) is 30.5 Å². The molecule has 1 heterocycles. The second-order valence-corrected chi connectivity index (χ2v) is 7.06. The Morgan fingerprint density at radius 3 is 2.72 bits per heavy atom. The number of carbonyl (C=O) groups is 1. The SMILES string of the molecule is CCOc1cc2c(cc1CNC(=O)CCc1cccc(OC)c1OC)O[C@@H](C)C2. The highest BCUT2D eigenvalue weighted by Crippen LogP contribution is 2.35. The molecule has 1 amide bonds. The molecule has 6 nitrogen and oxygen atoms in total. The van der Waals surface area contributed by atoms with Crippen molar-refractivity contribution in [3.63, 3.8) is 0 Å². The van der Waals surface area contributed by atoms with E-state index in [1.165, 1.54) is 0 Å². The van der Waals surface area contributed by atoms with Crippen LogP contribution in [0.4, 0.5) is 0 Å². The molecule has 0 radical (unpaired) electrons. The Morgan fingerprint density at radius 1 is 1.17 bits per heavy atom. The number of benzene rings is 2. The summed E-state index contributed by atoms with van der Waals surface area (Å²) >= 11 is 0. The summed E-state index contributed by atoms with van der Waals surface area (Å²) in [5.74, 6) is 2.99. The van der Waals surface area contributed by atoms with Gasteiger partial charge in [0.05, 0.1) is 20.8 Å². The van der Waals surface area contributed by atoms with Crippen molar-refractivity contribution >= 4 is 5.91 Å². The molecule has 1 aliphatic rings. The van der Waals surface area contributed by atoms with E-state index in [-0.39, 0.29) is 12.0 Å². The molecule has 3 rings (SSSR count). The van der Waals surface area contributed by atoms with E-state index in [2.05, 4.69) is 12.2 Å². The molecule has 0 saturated carbocycles. The van der Waals surface area contributed by atoms with E-state index in [0.717, 1.165) is 34.6 Å². The van der Waals surface area contributed by atoms with Gasteiger partial charge in [0.25, 0.3) is 0 Å². The van der Waals surface area contributed by atoms with Crippen LogP contribution in [0.5, 0.6) is 23.0 Å². The van der Waals surface area contributed by atoms with E-state index in [0.29, 0.717) is 37.5 Å². The Balaban J connectivity index is 1.62. The highest BCUT2D eigenvalue weighted by molar-refractivity contribution is 5.76. The Hall–Kier alpha value is -2.89. The third kappa shape index (κ3) is 4.94. The molecule has 0 fully saturated rings.